The van der Waals surface area contributed by atoms with Gasteiger partial charge in [0.2, 0.25) is 10.0 Å². The number of piperazine rings is 1. The van der Waals surface area contributed by atoms with Gasteiger partial charge in [-0.1, -0.05) is 18.2 Å². The SMILES string of the molecule is C=CCNC(=O)N1CCN(S(=O)(=O)c2ccc(C(C)=O)cc2)CC1. The average Bonchev–Trinajstić information content (AvgIpc) is 2.59. The molecule has 24 heavy (non-hydrogen) atoms. The van der Waals surface area contributed by atoms with E-state index in [-0.39, 0.29) is 29.8 Å². The van der Waals surface area contributed by atoms with Gasteiger partial charge in [-0.2, -0.15) is 4.31 Å². The van der Waals surface area contributed by atoms with E-state index in [0.717, 1.165) is 0 Å². The van der Waals surface area contributed by atoms with E-state index >= 15 is 0 Å². The van der Waals surface area contributed by atoms with E-state index in [1.54, 1.807) is 11.0 Å². The first kappa shape index (κ1) is 18.2. The normalized spacial score (nSPS) is 15.8. The number of nitrogens with zero attached hydrogens (tertiary/aromatic N) is 2. The summed E-state index contributed by atoms with van der Waals surface area (Å²) in [7, 11) is -3.62. The lowest BCUT2D eigenvalue weighted by atomic mass is 10.2. The number of Topliss-reactive ketones (excluding diaryl/α,β-unsaturated/α-hetero) is 1. The lowest BCUT2D eigenvalue weighted by Crippen LogP contribution is -2.53. The highest BCUT2D eigenvalue weighted by Gasteiger charge is 2.29. The zero-order valence-corrected chi connectivity index (χ0v) is 14.4. The molecule has 8 heteroatoms. The molecule has 7 nitrogen and oxygen atoms in total. The van der Waals surface area contributed by atoms with E-state index in [4.69, 9.17) is 0 Å². The molecule has 0 spiro atoms. The van der Waals surface area contributed by atoms with E-state index in [9.17, 15) is 18.0 Å². The first-order chi connectivity index (χ1) is 11.4. The number of amides is 2. The molecule has 1 fully saturated rings. The molecule has 2 rings (SSSR count). The van der Waals surface area contributed by atoms with Crippen molar-refractivity contribution in [2.75, 3.05) is 32.7 Å². The maximum atomic E-state index is 12.6. The monoisotopic (exact) mass is 351 g/mol. The van der Waals surface area contributed by atoms with E-state index in [0.29, 0.717) is 25.2 Å². The molecule has 1 aromatic carbocycles. The van der Waals surface area contributed by atoms with Gasteiger partial charge < -0.3 is 10.2 Å². The Hall–Kier alpha value is -2.19. The van der Waals surface area contributed by atoms with Gasteiger partial charge in [0.25, 0.3) is 0 Å². The van der Waals surface area contributed by atoms with Crippen molar-refractivity contribution < 1.29 is 18.0 Å². The highest BCUT2D eigenvalue weighted by atomic mass is 32.2. The van der Waals surface area contributed by atoms with Crippen molar-refractivity contribution in [3.8, 4) is 0 Å². The number of nitrogens with one attached hydrogen (secondary N) is 1. The summed E-state index contributed by atoms with van der Waals surface area (Å²) in [6.45, 7) is 6.46. The van der Waals surface area contributed by atoms with Gasteiger partial charge in [-0.25, -0.2) is 13.2 Å². The van der Waals surface area contributed by atoms with Gasteiger partial charge in [-0.15, -0.1) is 6.58 Å². The molecule has 0 unspecified atom stereocenters. The minimum absolute atomic E-state index is 0.113. The van der Waals surface area contributed by atoms with Crippen molar-refractivity contribution in [2.24, 2.45) is 0 Å². The number of sulfonamides is 1. The van der Waals surface area contributed by atoms with Gasteiger partial charge >= 0.3 is 6.03 Å². The van der Waals surface area contributed by atoms with E-state index in [1.165, 1.54) is 35.5 Å². The molecular formula is C16H21N3O4S. The Kier molecular flexibility index (Phi) is 5.74. The topological polar surface area (TPSA) is 86.8 Å². The largest absolute Gasteiger partial charge is 0.335 e. The van der Waals surface area contributed by atoms with Crippen LogP contribution in [0.15, 0.2) is 41.8 Å². The number of hydrogen-bond acceptors (Lipinski definition) is 4. The van der Waals surface area contributed by atoms with Crippen LogP contribution >= 0.6 is 0 Å². The zero-order chi connectivity index (χ0) is 17.7. The van der Waals surface area contributed by atoms with Crippen molar-refractivity contribution in [2.45, 2.75) is 11.8 Å². The predicted molar refractivity (Wildman–Crippen MR) is 90.4 cm³/mol. The molecule has 0 aliphatic carbocycles. The number of ketones is 1. The van der Waals surface area contributed by atoms with Gasteiger partial charge in [-0.3, -0.25) is 4.79 Å². The Bertz CT molecular complexity index is 720. The predicted octanol–water partition coefficient (Wildman–Crippen LogP) is 1.09. The van der Waals surface area contributed by atoms with E-state index in [2.05, 4.69) is 11.9 Å². The van der Waals surface area contributed by atoms with Gasteiger partial charge in [0, 0.05) is 38.3 Å². The lowest BCUT2D eigenvalue weighted by molar-refractivity contribution is 0.101. The van der Waals surface area contributed by atoms with Gasteiger partial charge in [0.05, 0.1) is 4.90 Å². The number of hydrogen-bond donors (Lipinski definition) is 1. The number of urea groups is 1. The van der Waals surface area contributed by atoms with Crippen LogP contribution in [-0.2, 0) is 10.0 Å². The molecule has 1 saturated heterocycles. The van der Waals surface area contributed by atoms with Crippen molar-refractivity contribution in [1.82, 2.24) is 14.5 Å². The lowest BCUT2D eigenvalue weighted by Gasteiger charge is -2.33. The molecule has 2 amide bonds. The second-order valence-corrected chi connectivity index (χ2v) is 7.38. The molecule has 0 radical (unpaired) electrons. The number of rotatable bonds is 5. The maximum Gasteiger partial charge on any atom is 0.317 e. The van der Waals surface area contributed by atoms with Crippen LogP contribution in [0.5, 0.6) is 0 Å². The molecule has 130 valence electrons. The molecular weight excluding hydrogens is 330 g/mol. The third-order valence-corrected chi connectivity index (χ3v) is 5.73. The quantitative estimate of drug-likeness (QED) is 0.635. The highest BCUT2D eigenvalue weighted by Crippen LogP contribution is 2.18. The van der Waals surface area contributed by atoms with Crippen LogP contribution in [-0.4, -0.2) is 62.2 Å². The van der Waals surface area contributed by atoms with Crippen molar-refractivity contribution in [1.29, 1.82) is 0 Å². The third kappa shape index (κ3) is 4.01. The summed E-state index contributed by atoms with van der Waals surface area (Å²) in [6, 6.07) is 5.67. The standard InChI is InChI=1S/C16H21N3O4S/c1-3-8-17-16(21)18-9-11-19(12-10-18)24(22,23)15-6-4-14(5-7-15)13(2)20/h3-7H,1,8-12H2,2H3,(H,17,21). The van der Waals surface area contributed by atoms with Crippen molar-refractivity contribution in [3.63, 3.8) is 0 Å². The first-order valence-electron chi connectivity index (χ1n) is 7.61. The minimum atomic E-state index is -3.62. The van der Waals surface area contributed by atoms with Gasteiger partial charge in [-0.05, 0) is 19.1 Å². The molecule has 0 aromatic heterocycles. The number of carbonyl (C=O) groups excluding carboxylic acids is 2. The smallest absolute Gasteiger partial charge is 0.317 e. The number of benzene rings is 1. The molecule has 1 aromatic rings. The average molecular weight is 351 g/mol. The molecule has 1 aliphatic heterocycles. The zero-order valence-electron chi connectivity index (χ0n) is 13.6. The molecule has 0 saturated carbocycles. The summed E-state index contributed by atoms with van der Waals surface area (Å²) in [5.74, 6) is -0.113. The van der Waals surface area contributed by atoms with Crippen LogP contribution in [0.4, 0.5) is 4.79 Å². The Morgan fingerprint density at radius 1 is 1.17 bits per heavy atom. The van der Waals surface area contributed by atoms with E-state index in [1.807, 2.05) is 0 Å². The fraction of sp³-hybridized carbons (Fsp3) is 0.375. The second-order valence-electron chi connectivity index (χ2n) is 5.45. The summed E-state index contributed by atoms with van der Waals surface area (Å²) in [6.07, 6.45) is 1.59. The van der Waals surface area contributed by atoms with Crippen LogP contribution in [0, 0.1) is 0 Å². The van der Waals surface area contributed by atoms with Crippen LogP contribution in [0.3, 0.4) is 0 Å². The van der Waals surface area contributed by atoms with Gasteiger partial charge in [0.15, 0.2) is 5.78 Å². The Morgan fingerprint density at radius 2 is 1.75 bits per heavy atom. The second kappa shape index (κ2) is 7.59. The summed E-state index contributed by atoms with van der Waals surface area (Å²) < 4.78 is 26.6. The fourth-order valence-corrected chi connectivity index (χ4v) is 3.84. The summed E-state index contributed by atoms with van der Waals surface area (Å²) in [5.41, 5.74) is 0.470. The Labute approximate surface area is 142 Å². The molecule has 1 N–H and O–H groups in total. The van der Waals surface area contributed by atoms with Crippen LogP contribution in [0.25, 0.3) is 0 Å². The minimum Gasteiger partial charge on any atom is -0.335 e. The third-order valence-electron chi connectivity index (χ3n) is 3.82. The Balaban J connectivity index is 2.03. The van der Waals surface area contributed by atoms with Crippen LogP contribution < -0.4 is 5.32 Å². The summed E-state index contributed by atoms with van der Waals surface area (Å²) >= 11 is 0. The van der Waals surface area contributed by atoms with Crippen molar-refractivity contribution in [3.05, 3.63) is 42.5 Å². The fourth-order valence-electron chi connectivity index (χ4n) is 2.41. The van der Waals surface area contributed by atoms with Crippen LogP contribution in [0.2, 0.25) is 0 Å². The molecule has 0 bridgehead atoms. The summed E-state index contributed by atoms with van der Waals surface area (Å²) in [4.78, 5) is 24.9. The van der Waals surface area contributed by atoms with Crippen molar-refractivity contribution >= 4 is 21.8 Å². The number of carbonyl (C=O) groups is 2. The molecule has 0 atom stereocenters. The first-order valence-corrected chi connectivity index (χ1v) is 9.05. The van der Waals surface area contributed by atoms with Gasteiger partial charge in [0.1, 0.15) is 0 Å². The highest BCUT2D eigenvalue weighted by molar-refractivity contribution is 7.89. The Morgan fingerprint density at radius 3 is 2.25 bits per heavy atom. The van der Waals surface area contributed by atoms with E-state index < -0.39 is 10.0 Å². The molecule has 1 heterocycles. The van der Waals surface area contributed by atoms with Crippen LogP contribution in [0.1, 0.15) is 17.3 Å². The maximum absolute atomic E-state index is 12.6. The summed E-state index contributed by atoms with van der Waals surface area (Å²) in [5, 5.41) is 2.67. The molecule has 1 aliphatic rings.